The molecule has 0 amide bonds. The highest BCUT2D eigenvalue weighted by Crippen LogP contribution is 2.20. The van der Waals surface area contributed by atoms with E-state index in [1.807, 2.05) is 11.8 Å². The van der Waals surface area contributed by atoms with E-state index in [1.165, 1.54) is 0 Å². The second-order valence-electron chi connectivity index (χ2n) is 4.48. The molecular weight excluding hydrogens is 256 g/mol. The fourth-order valence-corrected chi connectivity index (χ4v) is 3.17. The summed E-state index contributed by atoms with van der Waals surface area (Å²) in [5.41, 5.74) is 0.0210. The van der Waals surface area contributed by atoms with Crippen LogP contribution in [0.3, 0.4) is 0 Å². The Hall–Kier alpha value is -0.650. The third-order valence-electron chi connectivity index (χ3n) is 3.14. The normalized spacial score (nSPS) is 18.8. The van der Waals surface area contributed by atoms with E-state index in [2.05, 4.69) is 5.32 Å². The van der Waals surface area contributed by atoms with Crippen molar-refractivity contribution in [1.82, 2.24) is 5.32 Å². The third-order valence-corrected chi connectivity index (χ3v) is 4.19. The average molecular weight is 273 g/mol. The van der Waals surface area contributed by atoms with Crippen LogP contribution in [0.1, 0.15) is 24.5 Å². The number of rotatable bonds is 4. The molecule has 100 valence electrons. The summed E-state index contributed by atoms with van der Waals surface area (Å²) in [7, 11) is 0. The van der Waals surface area contributed by atoms with Gasteiger partial charge in [0.25, 0.3) is 0 Å². The van der Waals surface area contributed by atoms with Crippen LogP contribution in [-0.4, -0.2) is 29.2 Å². The van der Waals surface area contributed by atoms with Crippen molar-refractivity contribution < 1.29 is 13.9 Å². The minimum Gasteiger partial charge on any atom is -0.387 e. The van der Waals surface area contributed by atoms with Crippen molar-refractivity contribution in [2.24, 2.45) is 0 Å². The standard InChI is InChI=1S/C13H17F2NOS/c14-9-1-2-12(15)11(7-9)13(17)8-16-10-3-5-18-6-4-10/h1-2,7,10,13,16-17H,3-6,8H2. The average Bonchev–Trinajstić information content (AvgIpc) is 2.40. The first-order chi connectivity index (χ1) is 8.66. The van der Waals surface area contributed by atoms with Crippen LogP contribution in [-0.2, 0) is 0 Å². The lowest BCUT2D eigenvalue weighted by Crippen LogP contribution is -2.35. The highest BCUT2D eigenvalue weighted by atomic mass is 32.2. The maximum absolute atomic E-state index is 13.4. The van der Waals surface area contributed by atoms with Crippen LogP contribution in [0.5, 0.6) is 0 Å². The minimum absolute atomic E-state index is 0.0210. The highest BCUT2D eigenvalue weighted by Gasteiger charge is 2.17. The van der Waals surface area contributed by atoms with Gasteiger partial charge < -0.3 is 10.4 Å². The van der Waals surface area contributed by atoms with Crippen molar-refractivity contribution in [3.05, 3.63) is 35.4 Å². The number of benzene rings is 1. The Bertz CT molecular complexity index is 397. The lowest BCUT2D eigenvalue weighted by atomic mass is 10.1. The van der Waals surface area contributed by atoms with E-state index < -0.39 is 17.7 Å². The van der Waals surface area contributed by atoms with E-state index in [0.29, 0.717) is 6.04 Å². The number of nitrogens with one attached hydrogen (secondary N) is 1. The summed E-state index contributed by atoms with van der Waals surface area (Å²) < 4.78 is 26.4. The van der Waals surface area contributed by atoms with E-state index in [9.17, 15) is 13.9 Å². The largest absolute Gasteiger partial charge is 0.387 e. The highest BCUT2D eigenvalue weighted by molar-refractivity contribution is 7.99. The van der Waals surface area contributed by atoms with Gasteiger partial charge in [0.2, 0.25) is 0 Å². The van der Waals surface area contributed by atoms with Crippen LogP contribution in [0.15, 0.2) is 18.2 Å². The zero-order valence-corrected chi connectivity index (χ0v) is 10.9. The monoisotopic (exact) mass is 273 g/mol. The number of hydrogen-bond acceptors (Lipinski definition) is 3. The molecule has 0 bridgehead atoms. The zero-order valence-electron chi connectivity index (χ0n) is 10.0. The van der Waals surface area contributed by atoms with Gasteiger partial charge in [-0.2, -0.15) is 11.8 Å². The second kappa shape index (κ2) is 6.50. The van der Waals surface area contributed by atoms with Crippen LogP contribution in [0.4, 0.5) is 8.78 Å². The summed E-state index contributed by atoms with van der Waals surface area (Å²) in [6.07, 6.45) is 1.11. The molecule has 2 N–H and O–H groups in total. The molecule has 1 aromatic carbocycles. The van der Waals surface area contributed by atoms with Gasteiger partial charge in [-0.25, -0.2) is 8.78 Å². The first-order valence-corrected chi connectivity index (χ1v) is 7.26. The van der Waals surface area contributed by atoms with Crippen molar-refractivity contribution in [2.45, 2.75) is 25.0 Å². The maximum Gasteiger partial charge on any atom is 0.129 e. The Balaban J connectivity index is 1.90. The molecule has 1 unspecified atom stereocenters. The first-order valence-electron chi connectivity index (χ1n) is 6.11. The van der Waals surface area contributed by atoms with Gasteiger partial charge in [0.05, 0.1) is 6.10 Å². The Labute approximate surface area is 110 Å². The number of aliphatic hydroxyl groups excluding tert-OH is 1. The predicted octanol–water partition coefficient (Wildman–Crippen LogP) is 2.48. The molecule has 0 spiro atoms. The number of hydrogen-bond donors (Lipinski definition) is 2. The van der Waals surface area contributed by atoms with E-state index in [0.717, 1.165) is 42.5 Å². The topological polar surface area (TPSA) is 32.3 Å². The summed E-state index contributed by atoms with van der Waals surface area (Å²) >= 11 is 1.92. The van der Waals surface area contributed by atoms with Gasteiger partial charge in [-0.15, -0.1) is 0 Å². The lowest BCUT2D eigenvalue weighted by molar-refractivity contribution is 0.164. The van der Waals surface area contributed by atoms with Gasteiger partial charge in [0.15, 0.2) is 0 Å². The van der Waals surface area contributed by atoms with Gasteiger partial charge in [-0.1, -0.05) is 0 Å². The molecule has 1 aromatic rings. The lowest BCUT2D eigenvalue weighted by Gasteiger charge is -2.24. The van der Waals surface area contributed by atoms with Crippen LogP contribution in [0, 0.1) is 11.6 Å². The molecule has 1 fully saturated rings. The van der Waals surface area contributed by atoms with Gasteiger partial charge in [0.1, 0.15) is 11.6 Å². The maximum atomic E-state index is 13.4. The Morgan fingerprint density at radius 3 is 2.78 bits per heavy atom. The number of thioether (sulfide) groups is 1. The molecule has 18 heavy (non-hydrogen) atoms. The molecule has 0 aromatic heterocycles. The van der Waals surface area contributed by atoms with Crippen molar-refractivity contribution in [3.63, 3.8) is 0 Å². The van der Waals surface area contributed by atoms with E-state index >= 15 is 0 Å². The van der Waals surface area contributed by atoms with Crippen LogP contribution >= 0.6 is 11.8 Å². The van der Waals surface area contributed by atoms with Gasteiger partial charge in [-0.05, 0) is 42.5 Å². The summed E-state index contributed by atoms with van der Waals surface area (Å²) in [5, 5.41) is 13.1. The van der Waals surface area contributed by atoms with Crippen LogP contribution in [0.25, 0.3) is 0 Å². The smallest absolute Gasteiger partial charge is 0.129 e. The molecule has 0 aliphatic carbocycles. The molecule has 1 atom stereocenters. The Morgan fingerprint density at radius 2 is 2.06 bits per heavy atom. The second-order valence-corrected chi connectivity index (χ2v) is 5.70. The Morgan fingerprint density at radius 1 is 1.33 bits per heavy atom. The molecule has 0 saturated carbocycles. The van der Waals surface area contributed by atoms with E-state index in [4.69, 9.17) is 0 Å². The molecular formula is C13H17F2NOS. The van der Waals surface area contributed by atoms with Crippen LogP contribution < -0.4 is 5.32 Å². The van der Waals surface area contributed by atoms with Crippen molar-refractivity contribution in [2.75, 3.05) is 18.1 Å². The van der Waals surface area contributed by atoms with Crippen LogP contribution in [0.2, 0.25) is 0 Å². The van der Waals surface area contributed by atoms with Gasteiger partial charge in [-0.3, -0.25) is 0 Å². The first kappa shape index (κ1) is 13.8. The SMILES string of the molecule is OC(CNC1CCSCC1)c1cc(F)ccc1F. The number of aliphatic hydroxyl groups is 1. The van der Waals surface area contributed by atoms with E-state index in [-0.39, 0.29) is 12.1 Å². The fraction of sp³-hybridized carbons (Fsp3) is 0.538. The molecule has 1 heterocycles. The summed E-state index contributed by atoms with van der Waals surface area (Å²) in [5.74, 6) is 1.13. The summed E-state index contributed by atoms with van der Waals surface area (Å²) in [6.45, 7) is 0.260. The summed E-state index contributed by atoms with van der Waals surface area (Å²) in [4.78, 5) is 0. The molecule has 2 rings (SSSR count). The van der Waals surface area contributed by atoms with Crippen molar-refractivity contribution in [1.29, 1.82) is 0 Å². The Kier molecular flexibility index (Phi) is 4.97. The molecule has 0 radical (unpaired) electrons. The zero-order chi connectivity index (χ0) is 13.0. The predicted molar refractivity (Wildman–Crippen MR) is 69.7 cm³/mol. The van der Waals surface area contributed by atoms with Gasteiger partial charge in [0, 0.05) is 18.2 Å². The molecule has 2 nitrogen and oxygen atoms in total. The number of halogens is 2. The van der Waals surface area contributed by atoms with Gasteiger partial charge >= 0.3 is 0 Å². The van der Waals surface area contributed by atoms with Crippen molar-refractivity contribution in [3.8, 4) is 0 Å². The third kappa shape index (κ3) is 3.67. The fourth-order valence-electron chi connectivity index (χ4n) is 2.06. The molecule has 1 aliphatic rings. The minimum atomic E-state index is -1.00. The quantitative estimate of drug-likeness (QED) is 0.884. The van der Waals surface area contributed by atoms with Crippen molar-refractivity contribution >= 4 is 11.8 Å². The molecule has 1 aliphatic heterocycles. The molecule has 5 heteroatoms. The summed E-state index contributed by atoms with van der Waals surface area (Å²) in [6, 6.07) is 3.53. The molecule has 1 saturated heterocycles. The van der Waals surface area contributed by atoms with E-state index in [1.54, 1.807) is 0 Å².